The fourth-order valence-corrected chi connectivity index (χ4v) is 2.44. The minimum Gasteiger partial charge on any atom is -0.461 e. The summed E-state index contributed by atoms with van der Waals surface area (Å²) in [5.74, 6) is 1.34. The van der Waals surface area contributed by atoms with E-state index in [1.54, 1.807) is 6.26 Å². The molecule has 1 aliphatic rings. The molecule has 5 heteroatoms. The molecule has 1 saturated heterocycles. The highest BCUT2D eigenvalue weighted by molar-refractivity contribution is 5.49. The average Bonchev–Trinajstić information content (AvgIpc) is 3.10. The standard InChI is InChI=1S/C13H16N2O3/c16-9-11-3-1-5-15(11)8-10-7-13(18-14-10)12-4-2-6-17-12/h2,4,6-7,11,16H,1,3,5,8-9H2. The summed E-state index contributed by atoms with van der Waals surface area (Å²) in [4.78, 5) is 2.24. The highest BCUT2D eigenvalue weighted by Gasteiger charge is 2.24. The zero-order valence-corrected chi connectivity index (χ0v) is 10.1. The van der Waals surface area contributed by atoms with Crippen LogP contribution in [0.1, 0.15) is 18.5 Å². The van der Waals surface area contributed by atoms with Gasteiger partial charge >= 0.3 is 0 Å². The van der Waals surface area contributed by atoms with Crippen molar-refractivity contribution in [1.82, 2.24) is 10.1 Å². The second kappa shape index (κ2) is 4.96. The SMILES string of the molecule is OCC1CCCN1Cc1cc(-c2ccco2)on1. The highest BCUT2D eigenvalue weighted by atomic mass is 16.5. The third kappa shape index (κ3) is 2.19. The first kappa shape index (κ1) is 11.5. The zero-order valence-electron chi connectivity index (χ0n) is 10.1. The van der Waals surface area contributed by atoms with Gasteiger partial charge in [0.15, 0.2) is 5.76 Å². The molecule has 1 aliphatic heterocycles. The van der Waals surface area contributed by atoms with Crippen molar-refractivity contribution in [3.8, 4) is 11.5 Å². The number of hydrogen-bond acceptors (Lipinski definition) is 5. The fraction of sp³-hybridized carbons (Fsp3) is 0.462. The largest absolute Gasteiger partial charge is 0.461 e. The van der Waals surface area contributed by atoms with Gasteiger partial charge in [0, 0.05) is 18.7 Å². The first-order valence-corrected chi connectivity index (χ1v) is 6.21. The second-order valence-corrected chi connectivity index (χ2v) is 4.61. The zero-order chi connectivity index (χ0) is 12.4. The number of hydrogen-bond donors (Lipinski definition) is 1. The molecule has 0 amide bonds. The summed E-state index contributed by atoms with van der Waals surface area (Å²) in [5.41, 5.74) is 0.877. The summed E-state index contributed by atoms with van der Waals surface area (Å²) in [7, 11) is 0. The van der Waals surface area contributed by atoms with Crippen LogP contribution in [0, 0.1) is 0 Å². The maximum absolute atomic E-state index is 9.27. The van der Waals surface area contributed by atoms with Crippen molar-refractivity contribution in [1.29, 1.82) is 0 Å². The molecule has 1 unspecified atom stereocenters. The van der Waals surface area contributed by atoms with E-state index in [2.05, 4.69) is 10.1 Å². The van der Waals surface area contributed by atoms with E-state index < -0.39 is 0 Å². The third-order valence-electron chi connectivity index (χ3n) is 3.40. The van der Waals surface area contributed by atoms with Crippen LogP contribution >= 0.6 is 0 Å². The van der Waals surface area contributed by atoms with Crippen molar-refractivity contribution in [2.45, 2.75) is 25.4 Å². The van der Waals surface area contributed by atoms with Crippen LogP contribution in [0.2, 0.25) is 0 Å². The van der Waals surface area contributed by atoms with Gasteiger partial charge in [-0.05, 0) is 31.5 Å². The number of aliphatic hydroxyl groups is 1. The van der Waals surface area contributed by atoms with Gasteiger partial charge in [0.25, 0.3) is 0 Å². The molecule has 2 aromatic heterocycles. The van der Waals surface area contributed by atoms with Crippen LogP contribution < -0.4 is 0 Å². The molecule has 0 saturated carbocycles. The molecule has 1 fully saturated rings. The van der Waals surface area contributed by atoms with Crippen LogP contribution in [0.4, 0.5) is 0 Å². The molecule has 18 heavy (non-hydrogen) atoms. The van der Waals surface area contributed by atoms with E-state index in [0.717, 1.165) is 31.6 Å². The normalized spacial score (nSPS) is 20.6. The van der Waals surface area contributed by atoms with Crippen molar-refractivity contribution in [2.75, 3.05) is 13.2 Å². The third-order valence-corrected chi connectivity index (χ3v) is 3.40. The number of furan rings is 1. The van der Waals surface area contributed by atoms with Crippen LogP contribution in [0.15, 0.2) is 33.4 Å². The minimum atomic E-state index is 0.211. The van der Waals surface area contributed by atoms with E-state index in [4.69, 9.17) is 8.94 Å². The smallest absolute Gasteiger partial charge is 0.202 e. The molecule has 1 atom stereocenters. The van der Waals surface area contributed by atoms with Crippen molar-refractivity contribution in [3.63, 3.8) is 0 Å². The lowest BCUT2D eigenvalue weighted by Crippen LogP contribution is -2.31. The Balaban J connectivity index is 1.70. The van der Waals surface area contributed by atoms with Crippen LogP contribution in [0.25, 0.3) is 11.5 Å². The maximum atomic E-state index is 9.27. The van der Waals surface area contributed by atoms with Gasteiger partial charge in [-0.15, -0.1) is 0 Å². The highest BCUT2D eigenvalue weighted by Crippen LogP contribution is 2.23. The molecule has 0 radical (unpaired) electrons. The molecule has 1 N–H and O–H groups in total. The quantitative estimate of drug-likeness (QED) is 0.895. The molecule has 96 valence electrons. The van der Waals surface area contributed by atoms with Gasteiger partial charge < -0.3 is 14.0 Å². The molecule has 0 bridgehead atoms. The predicted molar refractivity (Wildman–Crippen MR) is 64.7 cm³/mol. The Bertz CT molecular complexity index is 492. The Kier molecular flexibility index (Phi) is 3.17. The van der Waals surface area contributed by atoms with E-state index in [9.17, 15) is 5.11 Å². The lowest BCUT2D eigenvalue weighted by atomic mass is 10.2. The van der Waals surface area contributed by atoms with Crippen LogP contribution in [0.3, 0.4) is 0 Å². The number of likely N-dealkylation sites (tertiary alicyclic amines) is 1. The van der Waals surface area contributed by atoms with E-state index in [0.29, 0.717) is 11.5 Å². The summed E-state index contributed by atoms with van der Waals surface area (Å²) >= 11 is 0. The van der Waals surface area contributed by atoms with Crippen molar-refractivity contribution in [3.05, 3.63) is 30.2 Å². The lowest BCUT2D eigenvalue weighted by molar-refractivity contribution is 0.151. The van der Waals surface area contributed by atoms with Gasteiger partial charge in [-0.3, -0.25) is 4.90 Å². The van der Waals surface area contributed by atoms with E-state index in [-0.39, 0.29) is 12.6 Å². The number of aliphatic hydroxyl groups excluding tert-OH is 1. The first-order valence-electron chi connectivity index (χ1n) is 6.21. The molecule has 2 aromatic rings. The minimum absolute atomic E-state index is 0.211. The molecular weight excluding hydrogens is 232 g/mol. The van der Waals surface area contributed by atoms with Gasteiger partial charge in [-0.2, -0.15) is 0 Å². The first-order chi connectivity index (χ1) is 8.86. The van der Waals surface area contributed by atoms with Crippen LogP contribution in [-0.4, -0.2) is 34.4 Å². The Labute approximate surface area is 105 Å². The molecule has 5 nitrogen and oxygen atoms in total. The topological polar surface area (TPSA) is 62.6 Å². The van der Waals surface area contributed by atoms with Crippen LogP contribution in [0.5, 0.6) is 0 Å². The van der Waals surface area contributed by atoms with Gasteiger partial charge in [0.2, 0.25) is 5.76 Å². The Morgan fingerprint density at radius 3 is 3.17 bits per heavy atom. The van der Waals surface area contributed by atoms with Gasteiger partial charge in [0.1, 0.15) is 0 Å². The summed E-state index contributed by atoms with van der Waals surface area (Å²) in [5, 5.41) is 13.3. The van der Waals surface area contributed by atoms with E-state index >= 15 is 0 Å². The van der Waals surface area contributed by atoms with Crippen molar-refractivity contribution < 1.29 is 14.0 Å². The lowest BCUT2D eigenvalue weighted by Gasteiger charge is -2.20. The van der Waals surface area contributed by atoms with Gasteiger partial charge in [0.05, 0.1) is 18.6 Å². The molecule has 3 rings (SSSR count). The monoisotopic (exact) mass is 248 g/mol. The second-order valence-electron chi connectivity index (χ2n) is 4.61. The van der Waals surface area contributed by atoms with Crippen molar-refractivity contribution >= 4 is 0 Å². The fourth-order valence-electron chi connectivity index (χ4n) is 2.44. The maximum Gasteiger partial charge on any atom is 0.202 e. The predicted octanol–water partition coefficient (Wildman–Crippen LogP) is 1.89. The van der Waals surface area contributed by atoms with Gasteiger partial charge in [-0.25, -0.2) is 0 Å². The molecule has 3 heterocycles. The van der Waals surface area contributed by atoms with E-state index in [1.165, 1.54) is 0 Å². The Morgan fingerprint density at radius 2 is 2.39 bits per heavy atom. The Hall–Kier alpha value is -1.59. The summed E-state index contributed by atoms with van der Waals surface area (Å²) < 4.78 is 10.5. The van der Waals surface area contributed by atoms with Crippen molar-refractivity contribution in [2.24, 2.45) is 0 Å². The average molecular weight is 248 g/mol. The molecular formula is C13H16N2O3. The summed E-state index contributed by atoms with van der Waals surface area (Å²) in [6.07, 6.45) is 3.80. The molecule has 0 aromatic carbocycles. The summed E-state index contributed by atoms with van der Waals surface area (Å²) in [6.45, 7) is 1.94. The number of aromatic nitrogens is 1. The number of rotatable bonds is 4. The molecule has 0 aliphatic carbocycles. The van der Waals surface area contributed by atoms with Crippen LogP contribution in [-0.2, 0) is 6.54 Å². The van der Waals surface area contributed by atoms with E-state index in [1.807, 2.05) is 18.2 Å². The van der Waals surface area contributed by atoms with Gasteiger partial charge in [-0.1, -0.05) is 5.16 Å². The summed E-state index contributed by atoms with van der Waals surface area (Å²) in [6, 6.07) is 5.82. The number of nitrogens with zero attached hydrogens (tertiary/aromatic N) is 2. The Morgan fingerprint density at radius 1 is 1.44 bits per heavy atom. The molecule has 0 spiro atoms.